The number of fused-ring (bicyclic) bond motifs is 1. The Morgan fingerprint density at radius 1 is 1.27 bits per heavy atom. The van der Waals surface area contributed by atoms with E-state index >= 15 is 0 Å². The van der Waals surface area contributed by atoms with Gasteiger partial charge in [-0.25, -0.2) is 4.39 Å². The van der Waals surface area contributed by atoms with Gasteiger partial charge < -0.3 is 14.2 Å². The first-order valence-electron chi connectivity index (χ1n) is 7.98. The van der Waals surface area contributed by atoms with Crippen LogP contribution in [0.5, 0.6) is 17.2 Å². The van der Waals surface area contributed by atoms with Gasteiger partial charge in [-0.1, -0.05) is 6.07 Å². The number of halogens is 1. The molecule has 1 aliphatic heterocycles. The van der Waals surface area contributed by atoms with E-state index in [1.165, 1.54) is 25.3 Å². The highest BCUT2D eigenvalue weighted by molar-refractivity contribution is 6.13. The number of hydrogen-bond donors (Lipinski definition) is 0. The number of nitrogens with zero attached hydrogens (tertiary/aromatic N) is 1. The standard InChI is InChI=1S/C20H16FNO4/c1-24-19-11-13(2-4-18(19)26-9-7-22)10-14-6-8-25-17-5-3-15(21)12-16(17)20(14)23/h2-5,10-12H,6,8-9H2,1H3/b14-10+. The first-order chi connectivity index (χ1) is 12.6. The number of nitriles is 1. The molecule has 0 fully saturated rings. The fourth-order valence-corrected chi connectivity index (χ4v) is 2.71. The van der Waals surface area contributed by atoms with E-state index in [4.69, 9.17) is 19.5 Å². The maximum Gasteiger partial charge on any atom is 0.192 e. The van der Waals surface area contributed by atoms with Gasteiger partial charge >= 0.3 is 0 Å². The van der Waals surface area contributed by atoms with Crippen LogP contribution in [-0.2, 0) is 0 Å². The van der Waals surface area contributed by atoms with Gasteiger partial charge in [0.05, 0.1) is 19.3 Å². The van der Waals surface area contributed by atoms with Crippen LogP contribution in [0, 0.1) is 17.1 Å². The van der Waals surface area contributed by atoms with Crippen molar-refractivity contribution >= 4 is 11.9 Å². The van der Waals surface area contributed by atoms with Gasteiger partial charge in [-0.15, -0.1) is 0 Å². The van der Waals surface area contributed by atoms with Crippen LogP contribution in [0.4, 0.5) is 4.39 Å². The molecule has 1 aliphatic rings. The molecule has 1 heterocycles. The Morgan fingerprint density at radius 3 is 2.88 bits per heavy atom. The molecule has 6 heteroatoms. The quantitative estimate of drug-likeness (QED) is 0.783. The maximum atomic E-state index is 13.5. The molecule has 26 heavy (non-hydrogen) atoms. The minimum atomic E-state index is -0.484. The number of carbonyl (C=O) groups is 1. The minimum absolute atomic E-state index is 0.0883. The molecule has 0 unspecified atom stereocenters. The zero-order valence-electron chi connectivity index (χ0n) is 14.1. The predicted octanol–water partition coefficient (Wildman–Crippen LogP) is 3.79. The highest BCUT2D eigenvalue weighted by atomic mass is 19.1. The van der Waals surface area contributed by atoms with Crippen molar-refractivity contribution in [1.82, 2.24) is 0 Å². The highest BCUT2D eigenvalue weighted by Crippen LogP contribution is 2.31. The zero-order valence-corrected chi connectivity index (χ0v) is 14.1. The van der Waals surface area contributed by atoms with Crippen LogP contribution in [0.2, 0.25) is 0 Å². The van der Waals surface area contributed by atoms with E-state index < -0.39 is 5.82 Å². The van der Waals surface area contributed by atoms with Gasteiger partial charge in [-0.3, -0.25) is 4.79 Å². The van der Waals surface area contributed by atoms with Crippen molar-refractivity contribution in [3.8, 4) is 23.3 Å². The minimum Gasteiger partial charge on any atom is -0.493 e. The molecular formula is C20H16FNO4. The summed E-state index contributed by atoms with van der Waals surface area (Å²) in [4.78, 5) is 12.7. The Labute approximate surface area is 150 Å². The second-order valence-electron chi connectivity index (χ2n) is 5.59. The molecule has 0 radical (unpaired) electrons. The summed E-state index contributed by atoms with van der Waals surface area (Å²) >= 11 is 0. The molecule has 0 atom stereocenters. The predicted molar refractivity (Wildman–Crippen MR) is 92.9 cm³/mol. The van der Waals surface area contributed by atoms with Crippen molar-refractivity contribution in [3.63, 3.8) is 0 Å². The molecule has 0 N–H and O–H groups in total. The van der Waals surface area contributed by atoms with Gasteiger partial charge in [-0.05, 0) is 42.0 Å². The van der Waals surface area contributed by atoms with Crippen LogP contribution >= 0.6 is 0 Å². The fourth-order valence-electron chi connectivity index (χ4n) is 2.71. The van der Waals surface area contributed by atoms with E-state index in [2.05, 4.69) is 0 Å². The topological polar surface area (TPSA) is 68.6 Å². The Kier molecular flexibility index (Phi) is 5.18. The van der Waals surface area contributed by atoms with Crippen LogP contribution < -0.4 is 14.2 Å². The van der Waals surface area contributed by atoms with Gasteiger partial charge in [-0.2, -0.15) is 5.26 Å². The lowest BCUT2D eigenvalue weighted by molar-refractivity contribution is 0.103. The summed E-state index contributed by atoms with van der Waals surface area (Å²) in [6.45, 7) is 0.242. The fraction of sp³-hybridized carbons (Fsp3) is 0.200. The van der Waals surface area contributed by atoms with Crippen molar-refractivity contribution in [2.75, 3.05) is 20.3 Å². The summed E-state index contributed by atoms with van der Waals surface area (Å²) in [5.74, 6) is 0.540. The molecule has 0 spiro atoms. The summed E-state index contributed by atoms with van der Waals surface area (Å²) < 4.78 is 29.6. The highest BCUT2D eigenvalue weighted by Gasteiger charge is 2.22. The summed E-state index contributed by atoms with van der Waals surface area (Å²) in [5.41, 5.74) is 1.46. The molecule has 5 nitrogen and oxygen atoms in total. The Balaban J connectivity index is 1.94. The number of ketones is 1. The smallest absolute Gasteiger partial charge is 0.192 e. The normalized spacial score (nSPS) is 14.8. The number of benzene rings is 2. The molecule has 0 amide bonds. The van der Waals surface area contributed by atoms with E-state index in [1.54, 1.807) is 24.3 Å². The molecule has 3 rings (SSSR count). The number of rotatable bonds is 4. The van der Waals surface area contributed by atoms with Gasteiger partial charge in [0.15, 0.2) is 23.9 Å². The summed E-state index contributed by atoms with van der Waals surface area (Å²) in [7, 11) is 1.50. The lowest BCUT2D eigenvalue weighted by Crippen LogP contribution is -2.03. The molecule has 0 saturated heterocycles. The van der Waals surface area contributed by atoms with Crippen LogP contribution in [0.25, 0.3) is 6.08 Å². The van der Waals surface area contributed by atoms with E-state index in [0.717, 1.165) is 5.56 Å². The average molecular weight is 353 g/mol. The van der Waals surface area contributed by atoms with Crippen LogP contribution in [-0.4, -0.2) is 26.1 Å². The number of methoxy groups -OCH3 is 1. The van der Waals surface area contributed by atoms with E-state index in [-0.39, 0.29) is 18.0 Å². The lowest BCUT2D eigenvalue weighted by atomic mass is 9.99. The second-order valence-corrected chi connectivity index (χ2v) is 5.59. The van der Waals surface area contributed by atoms with Crippen molar-refractivity contribution < 1.29 is 23.4 Å². The molecule has 132 valence electrons. The van der Waals surface area contributed by atoms with E-state index in [9.17, 15) is 9.18 Å². The number of carbonyl (C=O) groups excluding carboxylic acids is 1. The van der Waals surface area contributed by atoms with Crippen molar-refractivity contribution in [3.05, 3.63) is 58.9 Å². The van der Waals surface area contributed by atoms with E-state index in [0.29, 0.717) is 35.8 Å². The average Bonchev–Trinajstić information content (AvgIpc) is 2.80. The third-order valence-electron chi connectivity index (χ3n) is 3.93. The monoisotopic (exact) mass is 353 g/mol. The molecule has 2 aromatic rings. The first kappa shape index (κ1) is 17.5. The number of hydrogen-bond acceptors (Lipinski definition) is 5. The van der Waals surface area contributed by atoms with Gasteiger partial charge in [0, 0.05) is 12.0 Å². The Morgan fingerprint density at radius 2 is 2.12 bits per heavy atom. The Hall–Kier alpha value is -3.33. The van der Waals surface area contributed by atoms with Crippen molar-refractivity contribution in [1.29, 1.82) is 5.26 Å². The van der Waals surface area contributed by atoms with Gasteiger partial charge in [0.25, 0.3) is 0 Å². The lowest BCUT2D eigenvalue weighted by Gasteiger charge is -2.09. The number of Topliss-reactive ketones (excluding diaryl/α,β-unsaturated/α-hetero) is 1. The zero-order chi connectivity index (χ0) is 18.5. The SMILES string of the molecule is COc1cc(/C=C2\CCOc3ccc(F)cc3C2=O)ccc1OCC#N. The molecule has 0 bridgehead atoms. The summed E-state index contributed by atoms with van der Waals surface area (Å²) in [6, 6.07) is 11.0. The third kappa shape index (κ3) is 3.67. The molecule has 0 aliphatic carbocycles. The van der Waals surface area contributed by atoms with Crippen molar-refractivity contribution in [2.45, 2.75) is 6.42 Å². The summed E-state index contributed by atoms with van der Waals surface area (Å²) in [5, 5.41) is 8.62. The van der Waals surface area contributed by atoms with E-state index in [1.807, 2.05) is 6.07 Å². The van der Waals surface area contributed by atoms with Crippen LogP contribution in [0.1, 0.15) is 22.3 Å². The second kappa shape index (κ2) is 7.70. The largest absolute Gasteiger partial charge is 0.493 e. The summed E-state index contributed by atoms with van der Waals surface area (Å²) in [6.07, 6.45) is 2.13. The first-order valence-corrected chi connectivity index (χ1v) is 7.98. The van der Waals surface area contributed by atoms with Crippen LogP contribution in [0.3, 0.4) is 0 Å². The van der Waals surface area contributed by atoms with Crippen LogP contribution in [0.15, 0.2) is 42.0 Å². The van der Waals surface area contributed by atoms with Gasteiger partial charge in [0.2, 0.25) is 0 Å². The third-order valence-corrected chi connectivity index (χ3v) is 3.93. The van der Waals surface area contributed by atoms with Crippen molar-refractivity contribution in [2.24, 2.45) is 0 Å². The Bertz CT molecular complexity index is 915. The maximum absolute atomic E-state index is 13.5. The van der Waals surface area contributed by atoms with Gasteiger partial charge in [0.1, 0.15) is 17.6 Å². The molecule has 0 aromatic heterocycles. The number of ether oxygens (including phenoxy) is 3. The molecular weight excluding hydrogens is 337 g/mol. The molecule has 2 aromatic carbocycles. The molecule has 0 saturated carbocycles.